The first-order valence-electron chi connectivity index (χ1n) is 15.5. The highest BCUT2D eigenvalue weighted by Crippen LogP contribution is 2.17. The van der Waals surface area contributed by atoms with Gasteiger partial charge in [0.2, 0.25) is 0 Å². The Bertz CT molecular complexity index is 488. The minimum Gasteiger partial charge on any atom is -1.00 e. The van der Waals surface area contributed by atoms with Gasteiger partial charge in [-0.05, 0) is 12.8 Å². The maximum Gasteiger partial charge on any atom is 0.500 e. The molecule has 0 aromatic carbocycles. The van der Waals surface area contributed by atoms with Gasteiger partial charge in [-0.1, -0.05) is 96.8 Å². The van der Waals surface area contributed by atoms with Crippen LogP contribution in [0.4, 0.5) is 0 Å². The Labute approximate surface area is 253 Å². The third kappa shape index (κ3) is 24.4. The molecule has 0 bridgehead atoms. The molecule has 0 unspecified atom stereocenters. The molecule has 0 aromatic rings. The van der Waals surface area contributed by atoms with Gasteiger partial charge in [0.05, 0.1) is 41.3 Å². The first-order valence-corrected chi connectivity index (χ1v) is 17.4. The summed E-state index contributed by atoms with van der Waals surface area (Å²) in [7, 11) is 12.2. The van der Waals surface area contributed by atoms with Gasteiger partial charge in [-0.2, -0.15) is 0 Å². The first-order chi connectivity index (χ1) is 17.2. The predicted octanol–water partition coefficient (Wildman–Crippen LogP) is 1.68. The van der Waals surface area contributed by atoms with Crippen molar-refractivity contribution in [2.45, 2.75) is 122 Å². The van der Waals surface area contributed by atoms with E-state index in [0.29, 0.717) is 0 Å². The van der Waals surface area contributed by atoms with E-state index in [9.17, 15) is 0 Å². The van der Waals surface area contributed by atoms with Crippen molar-refractivity contribution in [2.24, 2.45) is 0 Å². The number of unbranched alkanes of at least 4 members (excludes halogenated alkanes) is 15. The maximum atomic E-state index is 5.57. The van der Waals surface area contributed by atoms with Crippen molar-refractivity contribution in [3.05, 3.63) is 0 Å². The third-order valence-electron chi connectivity index (χ3n) is 8.11. The van der Waals surface area contributed by atoms with Crippen molar-refractivity contribution in [1.29, 1.82) is 0 Å². The minimum atomic E-state index is -2.44. The molecule has 0 fully saturated rings. The van der Waals surface area contributed by atoms with Crippen LogP contribution in [-0.2, 0) is 13.3 Å². The van der Waals surface area contributed by atoms with E-state index in [0.717, 1.165) is 28.0 Å². The SMILES string of the molecule is CCCCCCCCCCCCCCCCCC[N+](C)(C)CC[N+](C)(C)CCC[Si](OC)(OC)OC.[Cl-].[Cl-]. The van der Waals surface area contributed by atoms with Gasteiger partial charge in [0.25, 0.3) is 0 Å². The van der Waals surface area contributed by atoms with E-state index >= 15 is 0 Å². The van der Waals surface area contributed by atoms with Gasteiger partial charge in [0, 0.05) is 33.8 Å². The largest absolute Gasteiger partial charge is 1.00 e. The lowest BCUT2D eigenvalue weighted by molar-refractivity contribution is -0.946. The zero-order valence-electron chi connectivity index (χ0n) is 26.9. The molecule has 0 rings (SSSR count). The van der Waals surface area contributed by atoms with Crippen LogP contribution in [0.5, 0.6) is 0 Å². The molecular formula is C30H68Cl2N2O3Si. The van der Waals surface area contributed by atoms with E-state index < -0.39 is 8.80 Å². The van der Waals surface area contributed by atoms with Crippen LogP contribution in [0.2, 0.25) is 6.04 Å². The molecule has 0 spiro atoms. The van der Waals surface area contributed by atoms with Gasteiger partial charge in [0.1, 0.15) is 13.1 Å². The Morgan fingerprint density at radius 2 is 0.711 bits per heavy atom. The summed E-state index contributed by atoms with van der Waals surface area (Å²) < 4.78 is 18.9. The van der Waals surface area contributed by atoms with Crippen molar-refractivity contribution in [1.82, 2.24) is 0 Å². The number of nitrogens with zero attached hydrogens (tertiary/aromatic N) is 2. The molecule has 234 valence electrons. The molecule has 0 saturated heterocycles. The zero-order valence-corrected chi connectivity index (χ0v) is 29.4. The maximum absolute atomic E-state index is 5.57. The fourth-order valence-corrected chi connectivity index (χ4v) is 6.84. The molecule has 5 nitrogen and oxygen atoms in total. The quantitative estimate of drug-likeness (QED) is 0.0813. The molecule has 0 aliphatic heterocycles. The molecule has 0 aromatic heterocycles. The Balaban J connectivity index is -0.00000612. The Morgan fingerprint density at radius 1 is 0.421 bits per heavy atom. The second kappa shape index (κ2) is 26.5. The molecular weight excluding hydrogens is 535 g/mol. The number of rotatable bonds is 27. The molecule has 0 atom stereocenters. The summed E-state index contributed by atoms with van der Waals surface area (Å²) in [5.74, 6) is 0. The van der Waals surface area contributed by atoms with Crippen molar-refractivity contribution in [3.63, 3.8) is 0 Å². The van der Waals surface area contributed by atoms with E-state index in [1.54, 1.807) is 21.3 Å². The molecule has 0 radical (unpaired) electrons. The summed E-state index contributed by atoms with van der Waals surface area (Å²) in [6, 6.07) is 0.885. The molecule has 0 amide bonds. The van der Waals surface area contributed by atoms with E-state index in [1.165, 1.54) is 122 Å². The average molecular weight is 604 g/mol. The summed E-state index contributed by atoms with van der Waals surface area (Å²) in [6.07, 6.45) is 24.1. The van der Waals surface area contributed by atoms with Crippen molar-refractivity contribution in [2.75, 3.05) is 75.7 Å². The molecule has 38 heavy (non-hydrogen) atoms. The van der Waals surface area contributed by atoms with Gasteiger partial charge in [0.15, 0.2) is 0 Å². The molecule has 0 aliphatic rings. The highest BCUT2D eigenvalue weighted by Gasteiger charge is 2.38. The van der Waals surface area contributed by atoms with Crippen LogP contribution in [0, 0.1) is 0 Å². The van der Waals surface area contributed by atoms with Crippen LogP contribution in [0.25, 0.3) is 0 Å². The Morgan fingerprint density at radius 3 is 1.03 bits per heavy atom. The van der Waals surface area contributed by atoms with Crippen LogP contribution in [0.15, 0.2) is 0 Å². The average Bonchev–Trinajstić information content (AvgIpc) is 2.85. The standard InChI is InChI=1S/C30H68N2O3Si.2ClH/c1-9-10-11-12-13-14-15-16-17-18-19-20-21-22-23-24-26-31(2,3)28-29-32(4,5)27-25-30-36(33-6,34-7)35-8;;/h9-30H2,1-8H3;2*1H/q+2;;/p-2. The zero-order chi connectivity index (χ0) is 27.2. The second-order valence-electron chi connectivity index (χ2n) is 12.5. The molecule has 8 heteroatoms. The molecule has 0 aliphatic carbocycles. The topological polar surface area (TPSA) is 27.7 Å². The fraction of sp³-hybridized carbons (Fsp3) is 1.00. The lowest BCUT2D eigenvalue weighted by Gasteiger charge is -2.36. The van der Waals surface area contributed by atoms with E-state index in [-0.39, 0.29) is 24.8 Å². The van der Waals surface area contributed by atoms with Crippen molar-refractivity contribution >= 4 is 8.80 Å². The first kappa shape index (κ1) is 43.1. The van der Waals surface area contributed by atoms with E-state index in [4.69, 9.17) is 13.3 Å². The van der Waals surface area contributed by atoms with E-state index in [2.05, 4.69) is 35.1 Å². The van der Waals surface area contributed by atoms with Gasteiger partial charge >= 0.3 is 8.80 Å². The van der Waals surface area contributed by atoms with Crippen LogP contribution < -0.4 is 24.8 Å². The Kier molecular flexibility index (Phi) is 30.0. The highest BCUT2D eigenvalue weighted by atomic mass is 35.5. The molecule has 0 N–H and O–H groups in total. The number of hydrogen-bond acceptors (Lipinski definition) is 3. The summed E-state index contributed by atoms with van der Waals surface area (Å²) in [4.78, 5) is 0. The predicted molar refractivity (Wildman–Crippen MR) is 159 cm³/mol. The monoisotopic (exact) mass is 602 g/mol. The number of hydrogen-bond donors (Lipinski definition) is 0. The summed E-state index contributed by atoms with van der Waals surface area (Å²) in [5, 5.41) is 0. The van der Waals surface area contributed by atoms with Gasteiger partial charge in [-0.15, -0.1) is 0 Å². The van der Waals surface area contributed by atoms with Crippen LogP contribution in [0.1, 0.15) is 116 Å². The van der Waals surface area contributed by atoms with Gasteiger partial charge in [-0.25, -0.2) is 0 Å². The van der Waals surface area contributed by atoms with Crippen LogP contribution in [-0.4, -0.2) is 93.5 Å². The fourth-order valence-electron chi connectivity index (χ4n) is 5.13. The lowest BCUT2D eigenvalue weighted by atomic mass is 10.0. The third-order valence-corrected chi connectivity index (χ3v) is 10.9. The summed E-state index contributed by atoms with van der Waals surface area (Å²) >= 11 is 0. The van der Waals surface area contributed by atoms with Crippen molar-refractivity contribution in [3.8, 4) is 0 Å². The van der Waals surface area contributed by atoms with E-state index in [1.807, 2.05) is 0 Å². The number of quaternary nitrogens is 2. The normalized spacial score (nSPS) is 12.3. The minimum absolute atomic E-state index is 0. The van der Waals surface area contributed by atoms with Gasteiger partial charge in [-0.3, -0.25) is 0 Å². The number of likely N-dealkylation sites (N-methyl/N-ethyl adjacent to an activating group) is 2. The highest BCUT2D eigenvalue weighted by molar-refractivity contribution is 6.60. The van der Waals surface area contributed by atoms with Crippen molar-refractivity contribution < 1.29 is 47.1 Å². The lowest BCUT2D eigenvalue weighted by Crippen LogP contribution is -3.00. The van der Waals surface area contributed by atoms with Crippen LogP contribution >= 0.6 is 0 Å². The smallest absolute Gasteiger partial charge is 0.500 e. The Hall–Kier alpha value is 0.597. The van der Waals surface area contributed by atoms with Gasteiger partial charge < -0.3 is 47.1 Å². The summed E-state index contributed by atoms with van der Waals surface area (Å²) in [5.41, 5.74) is 0. The summed E-state index contributed by atoms with van der Waals surface area (Å²) in [6.45, 7) is 7.16. The molecule has 0 heterocycles. The molecule has 0 saturated carbocycles. The number of halogens is 2. The van der Waals surface area contributed by atoms with Crippen LogP contribution in [0.3, 0.4) is 0 Å². The second-order valence-corrected chi connectivity index (χ2v) is 15.6.